The number of aromatic amines is 1. The van der Waals surface area contributed by atoms with Gasteiger partial charge >= 0.3 is 6.61 Å². The molecular formula is C19H16F2N2O3. The first kappa shape index (κ1) is 16.5. The highest BCUT2D eigenvalue weighted by Gasteiger charge is 2.45. The lowest BCUT2D eigenvalue weighted by Crippen LogP contribution is -2.06. The maximum absolute atomic E-state index is 12.7. The number of alkyl halides is 2. The molecule has 1 saturated carbocycles. The standard InChI is InChI=1S/C19H16F2N2O3/c1-25-16-8-10(6-7-15(16)26-19(20)21)11-9-12(11)17(24)18-22-13-4-2-3-5-14(13)23-18/h2-8,11-12,19H,9H2,1H3,(H,22,23)/t11-,12+/m1/s1. The second-order valence-electron chi connectivity index (χ2n) is 6.20. The van der Waals surface area contributed by atoms with E-state index in [0.29, 0.717) is 12.2 Å². The minimum absolute atomic E-state index is 0.0187. The van der Waals surface area contributed by atoms with Crippen molar-refractivity contribution in [3.63, 3.8) is 0 Å². The molecule has 1 heterocycles. The lowest BCUT2D eigenvalue weighted by atomic mass is 10.1. The van der Waals surface area contributed by atoms with E-state index in [1.165, 1.54) is 13.2 Å². The molecule has 0 spiro atoms. The van der Waals surface area contributed by atoms with Crippen molar-refractivity contribution in [2.24, 2.45) is 5.92 Å². The zero-order valence-electron chi connectivity index (χ0n) is 13.9. The minimum atomic E-state index is -2.92. The molecule has 1 aliphatic carbocycles. The average Bonchev–Trinajstić information content (AvgIpc) is 3.31. The summed E-state index contributed by atoms with van der Waals surface area (Å²) in [5.74, 6) is 0.352. The van der Waals surface area contributed by atoms with Gasteiger partial charge in [0.15, 0.2) is 17.3 Å². The Morgan fingerprint density at radius 3 is 2.77 bits per heavy atom. The number of halogens is 2. The summed E-state index contributed by atoms with van der Waals surface area (Å²) in [7, 11) is 1.39. The number of aromatic nitrogens is 2. The summed E-state index contributed by atoms with van der Waals surface area (Å²) < 4.78 is 34.4. The molecule has 4 rings (SSSR count). The second-order valence-corrected chi connectivity index (χ2v) is 6.20. The molecule has 0 radical (unpaired) electrons. The number of para-hydroxylation sites is 2. The largest absolute Gasteiger partial charge is 0.493 e. The van der Waals surface area contributed by atoms with Crippen LogP contribution >= 0.6 is 0 Å². The fourth-order valence-corrected chi connectivity index (χ4v) is 3.21. The van der Waals surface area contributed by atoms with Crippen molar-refractivity contribution in [3.05, 3.63) is 53.9 Å². The van der Waals surface area contributed by atoms with Crippen LogP contribution in [0, 0.1) is 5.92 Å². The Balaban J connectivity index is 1.53. The second kappa shape index (κ2) is 6.40. The zero-order chi connectivity index (χ0) is 18.3. The number of carbonyl (C=O) groups is 1. The number of hydrogen-bond donors (Lipinski definition) is 1. The maximum atomic E-state index is 12.7. The van der Waals surface area contributed by atoms with Gasteiger partial charge in [-0.05, 0) is 42.2 Å². The maximum Gasteiger partial charge on any atom is 0.387 e. The Hall–Kier alpha value is -2.96. The molecule has 3 aromatic rings. The summed E-state index contributed by atoms with van der Waals surface area (Å²) in [6.45, 7) is -2.92. The summed E-state index contributed by atoms with van der Waals surface area (Å²) in [5, 5.41) is 0. The van der Waals surface area contributed by atoms with E-state index in [9.17, 15) is 13.6 Å². The van der Waals surface area contributed by atoms with Crippen LogP contribution < -0.4 is 9.47 Å². The van der Waals surface area contributed by atoms with Crippen molar-refractivity contribution in [2.45, 2.75) is 19.0 Å². The van der Waals surface area contributed by atoms with Gasteiger partial charge in [0.05, 0.1) is 18.1 Å². The minimum Gasteiger partial charge on any atom is -0.493 e. The highest BCUT2D eigenvalue weighted by molar-refractivity contribution is 5.99. The summed E-state index contributed by atoms with van der Waals surface area (Å²) >= 11 is 0. The number of rotatable bonds is 6. The molecule has 2 aromatic carbocycles. The number of benzene rings is 2. The number of fused-ring (bicyclic) bond motifs is 1. The molecule has 26 heavy (non-hydrogen) atoms. The molecule has 2 atom stereocenters. The third-order valence-corrected chi connectivity index (χ3v) is 4.58. The molecule has 1 N–H and O–H groups in total. The lowest BCUT2D eigenvalue weighted by molar-refractivity contribution is -0.0512. The molecule has 5 nitrogen and oxygen atoms in total. The number of H-pyrrole nitrogens is 1. The molecular weight excluding hydrogens is 342 g/mol. The normalized spacial score (nSPS) is 18.9. The topological polar surface area (TPSA) is 64.2 Å². The summed E-state index contributed by atoms with van der Waals surface area (Å²) in [5.41, 5.74) is 2.43. The van der Waals surface area contributed by atoms with Crippen molar-refractivity contribution in [3.8, 4) is 11.5 Å². The molecule has 0 amide bonds. The average molecular weight is 358 g/mol. The van der Waals surface area contributed by atoms with Crippen LogP contribution in [0.5, 0.6) is 11.5 Å². The molecule has 0 saturated heterocycles. The first-order valence-corrected chi connectivity index (χ1v) is 8.18. The van der Waals surface area contributed by atoms with Crippen LogP contribution in [0.1, 0.15) is 28.5 Å². The van der Waals surface area contributed by atoms with E-state index in [2.05, 4.69) is 14.7 Å². The van der Waals surface area contributed by atoms with Crippen LogP contribution in [0.4, 0.5) is 8.78 Å². The molecule has 0 aliphatic heterocycles. The van der Waals surface area contributed by atoms with Gasteiger partial charge in [-0.1, -0.05) is 18.2 Å². The van der Waals surface area contributed by atoms with E-state index < -0.39 is 6.61 Å². The predicted octanol–water partition coefficient (Wildman–Crippen LogP) is 4.16. The predicted molar refractivity (Wildman–Crippen MR) is 90.9 cm³/mol. The SMILES string of the molecule is COc1cc([C@H]2C[C@@H]2C(=O)c2nc3ccccc3[nH]2)ccc1OC(F)F. The Morgan fingerprint density at radius 2 is 2.04 bits per heavy atom. The number of carbonyl (C=O) groups excluding carboxylic acids is 1. The first-order chi connectivity index (χ1) is 12.6. The molecule has 1 fully saturated rings. The number of ether oxygens (including phenoxy) is 2. The van der Waals surface area contributed by atoms with Crippen molar-refractivity contribution in [1.29, 1.82) is 0 Å². The number of nitrogens with one attached hydrogen (secondary N) is 1. The number of ketones is 1. The zero-order valence-corrected chi connectivity index (χ0v) is 13.9. The summed E-state index contributed by atoms with van der Waals surface area (Å²) in [4.78, 5) is 20.1. The van der Waals surface area contributed by atoms with Crippen molar-refractivity contribution in [2.75, 3.05) is 7.11 Å². The number of Topliss-reactive ketones (excluding diaryl/α,β-unsaturated/α-hetero) is 1. The number of imidazole rings is 1. The highest BCUT2D eigenvalue weighted by Crippen LogP contribution is 2.50. The van der Waals surface area contributed by atoms with Gasteiger partial charge in [0.2, 0.25) is 5.78 Å². The molecule has 134 valence electrons. The van der Waals surface area contributed by atoms with Gasteiger partial charge in [-0.25, -0.2) is 4.98 Å². The third-order valence-electron chi connectivity index (χ3n) is 4.58. The smallest absolute Gasteiger partial charge is 0.387 e. The van der Waals surface area contributed by atoms with Crippen LogP contribution in [0.3, 0.4) is 0 Å². The monoisotopic (exact) mass is 358 g/mol. The Bertz CT molecular complexity index is 937. The van der Waals surface area contributed by atoms with E-state index in [0.717, 1.165) is 16.6 Å². The van der Waals surface area contributed by atoms with Crippen LogP contribution in [0.15, 0.2) is 42.5 Å². The van der Waals surface area contributed by atoms with E-state index in [1.54, 1.807) is 12.1 Å². The highest BCUT2D eigenvalue weighted by atomic mass is 19.3. The van der Waals surface area contributed by atoms with Crippen LogP contribution in [-0.4, -0.2) is 29.5 Å². The quantitative estimate of drug-likeness (QED) is 0.672. The van der Waals surface area contributed by atoms with Crippen molar-refractivity contribution >= 4 is 16.8 Å². The van der Waals surface area contributed by atoms with Crippen LogP contribution in [0.2, 0.25) is 0 Å². The van der Waals surface area contributed by atoms with Gasteiger partial charge in [0.25, 0.3) is 0 Å². The molecule has 0 unspecified atom stereocenters. The van der Waals surface area contributed by atoms with Crippen LogP contribution in [-0.2, 0) is 0 Å². The lowest BCUT2D eigenvalue weighted by Gasteiger charge is -2.11. The van der Waals surface area contributed by atoms with Crippen LogP contribution in [0.25, 0.3) is 11.0 Å². The molecule has 1 aliphatic rings. The Labute approximate surface area is 148 Å². The molecule has 7 heteroatoms. The fraction of sp³-hybridized carbons (Fsp3) is 0.263. The van der Waals surface area contributed by atoms with Crippen molar-refractivity contribution < 1.29 is 23.0 Å². The Morgan fingerprint density at radius 1 is 1.23 bits per heavy atom. The van der Waals surface area contributed by atoms with Gasteiger partial charge in [0, 0.05) is 5.92 Å². The van der Waals surface area contributed by atoms with E-state index in [4.69, 9.17) is 4.74 Å². The van der Waals surface area contributed by atoms with E-state index in [-0.39, 0.29) is 29.1 Å². The van der Waals surface area contributed by atoms with Gasteiger partial charge in [0.1, 0.15) is 0 Å². The third kappa shape index (κ3) is 3.00. The van der Waals surface area contributed by atoms with Gasteiger partial charge in [-0.15, -0.1) is 0 Å². The van der Waals surface area contributed by atoms with Gasteiger partial charge in [-0.3, -0.25) is 4.79 Å². The number of methoxy groups -OCH3 is 1. The van der Waals surface area contributed by atoms with E-state index in [1.807, 2.05) is 24.3 Å². The van der Waals surface area contributed by atoms with Gasteiger partial charge < -0.3 is 14.5 Å². The summed E-state index contributed by atoms with van der Waals surface area (Å²) in [6, 6.07) is 12.2. The van der Waals surface area contributed by atoms with Gasteiger partial charge in [-0.2, -0.15) is 8.78 Å². The molecule has 1 aromatic heterocycles. The summed E-state index contributed by atoms with van der Waals surface area (Å²) in [6.07, 6.45) is 0.689. The fourth-order valence-electron chi connectivity index (χ4n) is 3.21. The number of nitrogens with zero attached hydrogens (tertiary/aromatic N) is 1. The van der Waals surface area contributed by atoms with Crippen molar-refractivity contribution in [1.82, 2.24) is 9.97 Å². The first-order valence-electron chi connectivity index (χ1n) is 8.18. The Kier molecular flexibility index (Phi) is 4.06. The van der Waals surface area contributed by atoms with E-state index >= 15 is 0 Å². The number of hydrogen-bond acceptors (Lipinski definition) is 4. The molecule has 0 bridgehead atoms.